The van der Waals surface area contributed by atoms with E-state index in [1.807, 2.05) is 18.2 Å². The second-order valence-electron chi connectivity index (χ2n) is 8.19. The number of aryl methyl sites for hydroxylation is 1. The van der Waals surface area contributed by atoms with Gasteiger partial charge in [0.25, 0.3) is 0 Å². The first-order chi connectivity index (χ1) is 12.9. The van der Waals surface area contributed by atoms with Gasteiger partial charge in [0.2, 0.25) is 0 Å². The molecule has 0 radical (unpaired) electrons. The number of hydrogen-bond donors (Lipinski definition) is 3. The molecule has 3 atom stereocenters. The molecule has 27 heavy (non-hydrogen) atoms. The van der Waals surface area contributed by atoms with Crippen LogP contribution in [0.3, 0.4) is 0 Å². The van der Waals surface area contributed by atoms with Crippen LogP contribution in [0.1, 0.15) is 49.3 Å². The smallest absolute Gasteiger partial charge is 0.125 e. The van der Waals surface area contributed by atoms with Crippen molar-refractivity contribution in [2.24, 2.45) is 5.92 Å². The average Bonchev–Trinajstić information content (AvgIpc) is 2.64. The van der Waals surface area contributed by atoms with Crippen LogP contribution < -0.4 is 0 Å². The van der Waals surface area contributed by atoms with E-state index in [0.29, 0.717) is 24.5 Å². The van der Waals surface area contributed by atoms with Crippen LogP contribution in [0.15, 0.2) is 42.5 Å². The van der Waals surface area contributed by atoms with Gasteiger partial charge in [-0.05, 0) is 92.3 Å². The van der Waals surface area contributed by atoms with Gasteiger partial charge in [-0.15, -0.1) is 5.92 Å². The molecule has 1 fully saturated rings. The Morgan fingerprint density at radius 1 is 1.04 bits per heavy atom. The first-order valence-corrected chi connectivity index (χ1v) is 9.71. The van der Waals surface area contributed by atoms with Gasteiger partial charge in [0, 0.05) is 5.41 Å². The summed E-state index contributed by atoms with van der Waals surface area (Å²) in [5, 5.41) is 30.6. The highest BCUT2D eigenvalue weighted by molar-refractivity contribution is 5.45. The van der Waals surface area contributed by atoms with Crippen LogP contribution in [-0.4, -0.2) is 20.9 Å². The SMILES string of the molecule is CC#CC1(O)CCC2(Cc3ccc(O)cc3)c3ccc(O)cc3CCC2C1. The number of rotatable bonds is 2. The molecule has 2 aromatic carbocycles. The van der Waals surface area contributed by atoms with Crippen molar-refractivity contribution in [1.29, 1.82) is 0 Å². The van der Waals surface area contributed by atoms with E-state index >= 15 is 0 Å². The van der Waals surface area contributed by atoms with E-state index in [1.54, 1.807) is 25.1 Å². The second-order valence-corrected chi connectivity index (χ2v) is 8.19. The Hall–Kier alpha value is -2.44. The second kappa shape index (κ2) is 6.62. The standard InChI is InChI=1S/C24H26O3/c1-2-11-23(27)12-13-24(15-17-3-7-20(25)8-4-17)19(16-23)6-5-18-14-21(26)9-10-22(18)24/h3-4,7-10,14,19,25-27H,5-6,12-13,15-16H2,1H3. The third-order valence-electron chi connectivity index (χ3n) is 6.55. The van der Waals surface area contributed by atoms with Crippen molar-refractivity contribution < 1.29 is 15.3 Å². The highest BCUT2D eigenvalue weighted by atomic mass is 16.3. The Morgan fingerprint density at radius 2 is 1.78 bits per heavy atom. The zero-order valence-corrected chi connectivity index (χ0v) is 15.7. The molecule has 4 rings (SSSR count). The molecule has 3 N–H and O–H groups in total. The molecular weight excluding hydrogens is 336 g/mol. The molecule has 3 unspecified atom stereocenters. The molecule has 0 spiro atoms. The number of phenols is 2. The van der Waals surface area contributed by atoms with E-state index in [9.17, 15) is 15.3 Å². The van der Waals surface area contributed by atoms with Gasteiger partial charge in [0.05, 0.1) is 0 Å². The molecular formula is C24H26O3. The molecule has 0 amide bonds. The Balaban J connectivity index is 1.78. The summed E-state index contributed by atoms with van der Waals surface area (Å²) in [4.78, 5) is 0. The van der Waals surface area contributed by atoms with Crippen LogP contribution in [0.4, 0.5) is 0 Å². The van der Waals surface area contributed by atoms with Crippen molar-refractivity contribution in [1.82, 2.24) is 0 Å². The van der Waals surface area contributed by atoms with Crippen molar-refractivity contribution in [3.05, 3.63) is 59.2 Å². The third-order valence-corrected chi connectivity index (χ3v) is 6.55. The lowest BCUT2D eigenvalue weighted by molar-refractivity contribution is -0.00804. The van der Waals surface area contributed by atoms with Gasteiger partial charge in [-0.2, -0.15) is 0 Å². The van der Waals surface area contributed by atoms with Crippen molar-refractivity contribution in [3.8, 4) is 23.3 Å². The topological polar surface area (TPSA) is 60.7 Å². The van der Waals surface area contributed by atoms with Gasteiger partial charge in [0.15, 0.2) is 0 Å². The normalized spacial score (nSPS) is 29.2. The van der Waals surface area contributed by atoms with Crippen molar-refractivity contribution in [2.75, 3.05) is 0 Å². The molecule has 3 nitrogen and oxygen atoms in total. The van der Waals surface area contributed by atoms with Crippen LogP contribution in [0.25, 0.3) is 0 Å². The summed E-state index contributed by atoms with van der Waals surface area (Å²) >= 11 is 0. The Morgan fingerprint density at radius 3 is 2.52 bits per heavy atom. The van der Waals surface area contributed by atoms with Gasteiger partial charge in [0.1, 0.15) is 17.1 Å². The zero-order valence-electron chi connectivity index (χ0n) is 15.7. The van der Waals surface area contributed by atoms with Crippen LogP contribution in [0.5, 0.6) is 11.5 Å². The molecule has 2 aliphatic rings. The summed E-state index contributed by atoms with van der Waals surface area (Å²) in [7, 11) is 0. The number of aromatic hydroxyl groups is 2. The fourth-order valence-corrected chi connectivity index (χ4v) is 5.33. The van der Waals surface area contributed by atoms with E-state index in [1.165, 1.54) is 16.7 Å². The van der Waals surface area contributed by atoms with Crippen LogP contribution in [0, 0.1) is 17.8 Å². The molecule has 2 aromatic rings. The third kappa shape index (κ3) is 3.19. The van der Waals surface area contributed by atoms with Crippen molar-refractivity contribution in [2.45, 2.75) is 56.5 Å². The van der Waals surface area contributed by atoms with Crippen LogP contribution in [0.2, 0.25) is 0 Å². The van der Waals surface area contributed by atoms with Gasteiger partial charge in [-0.3, -0.25) is 0 Å². The molecule has 0 bridgehead atoms. The van der Waals surface area contributed by atoms with E-state index in [2.05, 4.69) is 17.9 Å². The quantitative estimate of drug-likeness (QED) is 0.706. The summed E-state index contributed by atoms with van der Waals surface area (Å²) < 4.78 is 0. The molecule has 3 heteroatoms. The van der Waals surface area contributed by atoms with Gasteiger partial charge in [-0.1, -0.05) is 24.1 Å². The number of aliphatic hydroxyl groups is 1. The van der Waals surface area contributed by atoms with E-state index in [4.69, 9.17) is 0 Å². The lowest BCUT2D eigenvalue weighted by Gasteiger charge is -2.52. The number of hydrogen-bond acceptors (Lipinski definition) is 3. The lowest BCUT2D eigenvalue weighted by Crippen LogP contribution is -2.50. The molecule has 1 saturated carbocycles. The largest absolute Gasteiger partial charge is 0.508 e. The van der Waals surface area contributed by atoms with E-state index in [-0.39, 0.29) is 11.2 Å². The molecule has 0 saturated heterocycles. The minimum atomic E-state index is -0.897. The number of benzene rings is 2. The summed E-state index contributed by atoms with van der Waals surface area (Å²) in [6.07, 6.45) is 4.98. The number of phenolic OH excluding ortho intramolecular Hbond substituents is 2. The van der Waals surface area contributed by atoms with Gasteiger partial charge >= 0.3 is 0 Å². The fraction of sp³-hybridized carbons (Fsp3) is 0.417. The zero-order chi connectivity index (χ0) is 19.1. The average molecular weight is 362 g/mol. The molecule has 2 aliphatic carbocycles. The highest BCUT2D eigenvalue weighted by Gasteiger charge is 2.51. The van der Waals surface area contributed by atoms with Crippen LogP contribution in [-0.2, 0) is 18.3 Å². The van der Waals surface area contributed by atoms with E-state index < -0.39 is 5.60 Å². The Kier molecular flexibility index (Phi) is 4.40. The first kappa shape index (κ1) is 17.9. The molecule has 0 heterocycles. The maximum absolute atomic E-state index is 11.0. The van der Waals surface area contributed by atoms with Gasteiger partial charge in [-0.25, -0.2) is 0 Å². The monoisotopic (exact) mass is 362 g/mol. The minimum absolute atomic E-state index is 0.0695. The molecule has 140 valence electrons. The van der Waals surface area contributed by atoms with E-state index in [0.717, 1.165) is 25.7 Å². The predicted octanol–water partition coefficient (Wildman–Crippen LogP) is 4.08. The summed E-state index contributed by atoms with van der Waals surface area (Å²) in [6, 6.07) is 13.2. The first-order valence-electron chi connectivity index (χ1n) is 9.71. The highest BCUT2D eigenvalue weighted by Crippen LogP contribution is 2.54. The lowest BCUT2D eigenvalue weighted by atomic mass is 9.52. The number of fused-ring (bicyclic) bond motifs is 3. The Bertz CT molecular complexity index is 905. The minimum Gasteiger partial charge on any atom is -0.508 e. The van der Waals surface area contributed by atoms with Crippen molar-refractivity contribution >= 4 is 0 Å². The fourth-order valence-electron chi connectivity index (χ4n) is 5.33. The molecule has 0 aliphatic heterocycles. The summed E-state index contributed by atoms with van der Waals surface area (Å²) in [6.45, 7) is 1.79. The maximum atomic E-state index is 11.0. The summed E-state index contributed by atoms with van der Waals surface area (Å²) in [5.74, 6) is 6.88. The summed E-state index contributed by atoms with van der Waals surface area (Å²) in [5.41, 5.74) is 2.74. The maximum Gasteiger partial charge on any atom is 0.125 e. The molecule has 0 aromatic heterocycles. The van der Waals surface area contributed by atoms with Gasteiger partial charge < -0.3 is 15.3 Å². The van der Waals surface area contributed by atoms with Crippen molar-refractivity contribution in [3.63, 3.8) is 0 Å². The van der Waals surface area contributed by atoms with Crippen LogP contribution >= 0.6 is 0 Å². The Labute approximate surface area is 160 Å². The predicted molar refractivity (Wildman–Crippen MR) is 106 cm³/mol.